The van der Waals surface area contributed by atoms with Crippen molar-refractivity contribution in [3.8, 4) is 0 Å². The van der Waals surface area contributed by atoms with Gasteiger partial charge in [0.25, 0.3) is 0 Å². The Morgan fingerprint density at radius 2 is 1.81 bits per heavy atom. The Labute approximate surface area is 156 Å². The van der Waals surface area contributed by atoms with E-state index < -0.39 is 0 Å². The molecule has 1 atom stereocenters. The normalized spacial score (nSPS) is 20.7. The van der Waals surface area contributed by atoms with Crippen LogP contribution in [0.4, 0.5) is 0 Å². The molecule has 5 nitrogen and oxygen atoms in total. The maximum atomic E-state index is 12.6. The minimum absolute atomic E-state index is 0.0521. The molecule has 0 spiro atoms. The van der Waals surface area contributed by atoms with E-state index in [1.54, 1.807) is 4.90 Å². The van der Waals surface area contributed by atoms with Gasteiger partial charge < -0.3 is 14.9 Å². The molecule has 2 aliphatic heterocycles. The minimum Gasteiger partial charge on any atom is -0.392 e. The number of aliphatic hydroxyl groups excluding tert-OH is 1. The highest BCUT2D eigenvalue weighted by Gasteiger charge is 2.29. The van der Waals surface area contributed by atoms with Crippen LogP contribution in [0.5, 0.6) is 0 Å². The summed E-state index contributed by atoms with van der Waals surface area (Å²) in [5.41, 5.74) is 1.15. The molecule has 2 aliphatic rings. The summed E-state index contributed by atoms with van der Waals surface area (Å²) in [5.74, 6) is 0.402. The largest absolute Gasteiger partial charge is 0.392 e. The zero-order valence-electron chi connectivity index (χ0n) is 15.5. The van der Waals surface area contributed by atoms with Crippen molar-refractivity contribution in [2.75, 3.05) is 26.2 Å². The van der Waals surface area contributed by atoms with E-state index in [1.807, 2.05) is 35.2 Å². The maximum absolute atomic E-state index is 12.6. The van der Waals surface area contributed by atoms with Crippen molar-refractivity contribution in [3.05, 3.63) is 35.9 Å². The van der Waals surface area contributed by atoms with E-state index in [9.17, 15) is 14.7 Å². The first-order chi connectivity index (χ1) is 12.6. The minimum atomic E-state index is -0.359. The highest BCUT2D eigenvalue weighted by atomic mass is 16.3. The molecule has 0 radical (unpaired) electrons. The van der Waals surface area contributed by atoms with E-state index >= 15 is 0 Å². The second-order valence-electron chi connectivity index (χ2n) is 7.60. The zero-order valence-corrected chi connectivity index (χ0v) is 15.5. The number of amides is 2. The summed E-state index contributed by atoms with van der Waals surface area (Å²) in [6, 6.07) is 10.1. The van der Waals surface area contributed by atoms with Crippen molar-refractivity contribution in [3.63, 3.8) is 0 Å². The van der Waals surface area contributed by atoms with Crippen molar-refractivity contribution in [2.45, 2.75) is 51.0 Å². The molecule has 1 aromatic rings. The fourth-order valence-electron chi connectivity index (χ4n) is 4.02. The lowest BCUT2D eigenvalue weighted by Crippen LogP contribution is -2.47. The van der Waals surface area contributed by atoms with Crippen molar-refractivity contribution in [2.24, 2.45) is 5.92 Å². The molecule has 0 aliphatic carbocycles. The number of piperidine rings is 1. The molecular weight excluding hydrogens is 328 g/mol. The Balaban J connectivity index is 1.45. The summed E-state index contributed by atoms with van der Waals surface area (Å²) in [6.45, 7) is 2.28. The molecule has 0 saturated carbocycles. The van der Waals surface area contributed by atoms with Crippen molar-refractivity contribution >= 4 is 11.8 Å². The van der Waals surface area contributed by atoms with Crippen LogP contribution in [-0.2, 0) is 16.0 Å². The van der Waals surface area contributed by atoms with Gasteiger partial charge in [0, 0.05) is 26.1 Å². The van der Waals surface area contributed by atoms with Gasteiger partial charge in [0.1, 0.15) is 0 Å². The van der Waals surface area contributed by atoms with Gasteiger partial charge in [0.2, 0.25) is 11.8 Å². The number of nitrogens with zero attached hydrogens (tertiary/aromatic N) is 2. The monoisotopic (exact) mass is 358 g/mol. The summed E-state index contributed by atoms with van der Waals surface area (Å²) in [5, 5.41) is 10.5. The molecule has 5 heteroatoms. The maximum Gasteiger partial charge on any atom is 0.242 e. The topological polar surface area (TPSA) is 60.9 Å². The van der Waals surface area contributed by atoms with Crippen LogP contribution in [0.2, 0.25) is 0 Å². The summed E-state index contributed by atoms with van der Waals surface area (Å²) < 4.78 is 0. The molecule has 1 unspecified atom stereocenters. The summed E-state index contributed by atoms with van der Waals surface area (Å²) in [4.78, 5) is 28.2. The predicted molar refractivity (Wildman–Crippen MR) is 101 cm³/mol. The van der Waals surface area contributed by atoms with Crippen molar-refractivity contribution in [1.29, 1.82) is 0 Å². The number of hydrogen-bond donors (Lipinski definition) is 1. The number of carbonyl (C=O) groups is 2. The first kappa shape index (κ1) is 18.9. The van der Waals surface area contributed by atoms with Gasteiger partial charge in [-0.2, -0.15) is 0 Å². The Bertz CT molecular complexity index is 597. The van der Waals surface area contributed by atoms with Crippen LogP contribution < -0.4 is 0 Å². The third-order valence-corrected chi connectivity index (χ3v) is 5.72. The van der Waals surface area contributed by atoms with Gasteiger partial charge in [0.15, 0.2) is 0 Å². The Kier molecular flexibility index (Phi) is 6.67. The van der Waals surface area contributed by atoms with E-state index in [0.29, 0.717) is 32.5 Å². The van der Waals surface area contributed by atoms with Crippen LogP contribution in [0, 0.1) is 5.92 Å². The number of hydrogen-bond acceptors (Lipinski definition) is 3. The zero-order chi connectivity index (χ0) is 18.4. The van der Waals surface area contributed by atoms with Gasteiger partial charge in [0.05, 0.1) is 12.6 Å². The SMILES string of the molecule is O=C(CN1CCCCCC1=O)N1CCC(C(O)Cc2ccccc2)CC1. The molecular formula is C21H30N2O3. The highest BCUT2D eigenvalue weighted by molar-refractivity contribution is 5.85. The van der Waals surface area contributed by atoms with Crippen LogP contribution in [0.25, 0.3) is 0 Å². The standard InChI is InChI=1S/C21H30N2O3/c24-19(15-17-7-3-1-4-8-17)18-10-13-22(14-11-18)21(26)16-23-12-6-2-5-9-20(23)25/h1,3-4,7-8,18-19,24H,2,5-6,9-16H2. The molecule has 2 heterocycles. The molecule has 0 bridgehead atoms. The first-order valence-corrected chi connectivity index (χ1v) is 9.91. The van der Waals surface area contributed by atoms with Gasteiger partial charge >= 0.3 is 0 Å². The lowest BCUT2D eigenvalue weighted by Gasteiger charge is -2.35. The van der Waals surface area contributed by atoms with Crippen LogP contribution in [0.1, 0.15) is 44.1 Å². The van der Waals surface area contributed by atoms with Gasteiger partial charge in [-0.05, 0) is 43.6 Å². The van der Waals surface area contributed by atoms with Gasteiger partial charge in [-0.1, -0.05) is 36.8 Å². The molecule has 2 fully saturated rings. The summed E-state index contributed by atoms with van der Waals surface area (Å²) in [7, 11) is 0. The van der Waals surface area contributed by atoms with Crippen LogP contribution in [0.15, 0.2) is 30.3 Å². The van der Waals surface area contributed by atoms with E-state index in [1.165, 1.54) is 0 Å². The van der Waals surface area contributed by atoms with Gasteiger partial charge in [-0.3, -0.25) is 9.59 Å². The quantitative estimate of drug-likeness (QED) is 0.878. The van der Waals surface area contributed by atoms with E-state index in [4.69, 9.17) is 0 Å². The summed E-state index contributed by atoms with van der Waals surface area (Å²) in [6.07, 6.45) is 5.54. The van der Waals surface area contributed by atoms with Crippen molar-refractivity contribution in [1.82, 2.24) is 9.80 Å². The molecule has 1 N–H and O–H groups in total. The van der Waals surface area contributed by atoms with E-state index in [-0.39, 0.29) is 30.4 Å². The number of aliphatic hydroxyl groups is 1. The predicted octanol–water partition coefficient (Wildman–Crippen LogP) is 2.23. The number of likely N-dealkylation sites (tertiary alicyclic amines) is 2. The molecule has 1 aromatic carbocycles. The van der Waals surface area contributed by atoms with Gasteiger partial charge in [-0.15, -0.1) is 0 Å². The third kappa shape index (κ3) is 5.07. The van der Waals surface area contributed by atoms with Crippen LogP contribution in [0.3, 0.4) is 0 Å². The molecule has 2 amide bonds. The van der Waals surface area contributed by atoms with Crippen molar-refractivity contribution < 1.29 is 14.7 Å². The second kappa shape index (κ2) is 9.17. The number of carbonyl (C=O) groups excluding carboxylic acids is 2. The molecule has 2 saturated heterocycles. The smallest absolute Gasteiger partial charge is 0.242 e. The number of rotatable bonds is 5. The lowest BCUT2D eigenvalue weighted by atomic mass is 9.88. The van der Waals surface area contributed by atoms with E-state index in [0.717, 1.165) is 37.7 Å². The average Bonchev–Trinajstić information content (AvgIpc) is 2.87. The Morgan fingerprint density at radius 1 is 1.08 bits per heavy atom. The Morgan fingerprint density at radius 3 is 2.54 bits per heavy atom. The number of benzene rings is 1. The fraction of sp³-hybridized carbons (Fsp3) is 0.619. The van der Waals surface area contributed by atoms with Crippen LogP contribution in [-0.4, -0.2) is 59.0 Å². The van der Waals surface area contributed by atoms with Gasteiger partial charge in [-0.25, -0.2) is 0 Å². The molecule has 142 valence electrons. The molecule has 0 aromatic heterocycles. The average molecular weight is 358 g/mol. The third-order valence-electron chi connectivity index (χ3n) is 5.72. The first-order valence-electron chi connectivity index (χ1n) is 9.91. The van der Waals surface area contributed by atoms with Crippen LogP contribution >= 0.6 is 0 Å². The molecule has 3 rings (SSSR count). The fourth-order valence-corrected chi connectivity index (χ4v) is 4.02. The second-order valence-corrected chi connectivity index (χ2v) is 7.60. The Hall–Kier alpha value is -1.88. The lowest BCUT2D eigenvalue weighted by molar-refractivity contribution is -0.141. The molecule has 26 heavy (non-hydrogen) atoms. The summed E-state index contributed by atoms with van der Waals surface area (Å²) >= 11 is 0. The van der Waals surface area contributed by atoms with E-state index in [2.05, 4.69) is 0 Å². The highest BCUT2D eigenvalue weighted by Crippen LogP contribution is 2.23.